The van der Waals surface area contributed by atoms with Crippen molar-refractivity contribution in [3.05, 3.63) is 59.7 Å². The first-order valence-corrected chi connectivity index (χ1v) is 13.5. The van der Waals surface area contributed by atoms with E-state index in [1.54, 1.807) is 37.4 Å². The van der Waals surface area contributed by atoms with Crippen LogP contribution in [0.2, 0.25) is 0 Å². The molecule has 9 nitrogen and oxygen atoms in total. The Balaban J connectivity index is 1.84. The summed E-state index contributed by atoms with van der Waals surface area (Å²) in [7, 11) is -2.49. The van der Waals surface area contributed by atoms with Crippen LogP contribution in [0.25, 0.3) is 0 Å². The largest absolute Gasteiger partial charge is 0.497 e. The third-order valence-electron chi connectivity index (χ3n) is 6.31. The summed E-state index contributed by atoms with van der Waals surface area (Å²) in [6, 6.07) is 12.3. The van der Waals surface area contributed by atoms with E-state index in [2.05, 4.69) is 5.32 Å². The van der Waals surface area contributed by atoms with Gasteiger partial charge in [-0.1, -0.05) is 38.1 Å². The lowest BCUT2D eigenvalue weighted by Crippen LogP contribution is -2.51. The number of rotatable bonds is 11. The van der Waals surface area contributed by atoms with Crippen molar-refractivity contribution in [2.45, 2.75) is 63.6 Å². The first kappa shape index (κ1) is 27.2. The molecule has 2 aromatic carbocycles. The molecular weight excluding hydrogens is 482 g/mol. The minimum absolute atomic E-state index is 0.0601. The van der Waals surface area contributed by atoms with Crippen molar-refractivity contribution in [1.29, 1.82) is 0 Å². The Morgan fingerprint density at radius 2 is 1.81 bits per heavy atom. The van der Waals surface area contributed by atoms with Gasteiger partial charge in [0.1, 0.15) is 16.7 Å². The number of amides is 3. The lowest BCUT2D eigenvalue weighted by atomic mass is 10.1. The number of ether oxygens (including phenoxy) is 1. The van der Waals surface area contributed by atoms with Gasteiger partial charge in [0.2, 0.25) is 11.8 Å². The van der Waals surface area contributed by atoms with Crippen molar-refractivity contribution >= 4 is 27.7 Å². The molecule has 194 valence electrons. The van der Waals surface area contributed by atoms with Gasteiger partial charge < -0.3 is 15.0 Å². The number of carbonyl (C=O) groups excluding carboxylic acids is 3. The van der Waals surface area contributed by atoms with Gasteiger partial charge in [-0.2, -0.15) is 0 Å². The minimum atomic E-state index is -4.03. The summed E-state index contributed by atoms with van der Waals surface area (Å²) < 4.78 is 31.8. The molecule has 10 heteroatoms. The monoisotopic (exact) mass is 515 g/mol. The molecule has 3 rings (SSSR count). The number of hydrogen-bond acceptors (Lipinski definition) is 6. The highest BCUT2D eigenvalue weighted by Crippen LogP contribution is 2.30. The summed E-state index contributed by atoms with van der Waals surface area (Å²) in [5, 5.41) is 2.94. The van der Waals surface area contributed by atoms with Gasteiger partial charge in [0.25, 0.3) is 15.9 Å². The fourth-order valence-electron chi connectivity index (χ4n) is 4.12. The smallest absolute Gasteiger partial charge is 0.269 e. The number of fused-ring (bicyclic) bond motifs is 1. The van der Waals surface area contributed by atoms with Crippen molar-refractivity contribution in [2.24, 2.45) is 0 Å². The lowest BCUT2D eigenvalue weighted by molar-refractivity contribution is -0.141. The van der Waals surface area contributed by atoms with E-state index in [-0.39, 0.29) is 41.9 Å². The molecule has 0 aromatic heterocycles. The molecular formula is C26H33N3O6S. The van der Waals surface area contributed by atoms with E-state index in [1.807, 2.05) is 26.8 Å². The Kier molecular flexibility index (Phi) is 8.73. The van der Waals surface area contributed by atoms with Gasteiger partial charge in [-0.25, -0.2) is 12.7 Å². The molecule has 1 aliphatic rings. The van der Waals surface area contributed by atoms with Crippen molar-refractivity contribution in [3.63, 3.8) is 0 Å². The molecule has 3 amide bonds. The summed E-state index contributed by atoms with van der Waals surface area (Å²) in [6.07, 6.45) is 0.849. The third kappa shape index (κ3) is 5.70. The number of hydrogen-bond donors (Lipinski definition) is 1. The molecule has 1 heterocycles. The lowest BCUT2D eigenvalue weighted by Gasteiger charge is -2.32. The highest BCUT2D eigenvalue weighted by Gasteiger charge is 2.41. The van der Waals surface area contributed by atoms with Crippen LogP contribution in [0.3, 0.4) is 0 Å². The van der Waals surface area contributed by atoms with E-state index >= 15 is 0 Å². The van der Waals surface area contributed by atoms with Crippen LogP contribution in [0, 0.1) is 0 Å². The van der Waals surface area contributed by atoms with Crippen LogP contribution < -0.4 is 10.1 Å². The molecule has 1 aliphatic heterocycles. The molecule has 0 saturated heterocycles. The van der Waals surface area contributed by atoms with Gasteiger partial charge in [-0.05, 0) is 49.6 Å². The van der Waals surface area contributed by atoms with E-state index < -0.39 is 27.9 Å². The van der Waals surface area contributed by atoms with E-state index in [1.165, 1.54) is 17.0 Å². The van der Waals surface area contributed by atoms with Crippen LogP contribution in [-0.4, -0.2) is 61.1 Å². The Labute approximate surface area is 212 Å². The van der Waals surface area contributed by atoms with E-state index in [0.29, 0.717) is 12.2 Å². The van der Waals surface area contributed by atoms with E-state index in [9.17, 15) is 22.8 Å². The van der Waals surface area contributed by atoms with Crippen molar-refractivity contribution in [1.82, 2.24) is 14.5 Å². The highest BCUT2D eigenvalue weighted by molar-refractivity contribution is 7.90. The maximum absolute atomic E-state index is 13.5. The molecule has 0 unspecified atom stereocenters. The van der Waals surface area contributed by atoms with Crippen LogP contribution in [0.15, 0.2) is 53.4 Å². The summed E-state index contributed by atoms with van der Waals surface area (Å²) in [5.74, 6) is -0.744. The molecule has 0 fully saturated rings. The fraction of sp³-hybridized carbons (Fsp3) is 0.423. The average Bonchev–Trinajstić information content (AvgIpc) is 3.07. The van der Waals surface area contributed by atoms with Crippen molar-refractivity contribution in [2.75, 3.05) is 13.7 Å². The summed E-state index contributed by atoms with van der Waals surface area (Å²) in [6.45, 7) is 5.48. The van der Waals surface area contributed by atoms with Crippen LogP contribution in [0.1, 0.15) is 56.0 Å². The summed E-state index contributed by atoms with van der Waals surface area (Å²) in [4.78, 5) is 40.7. The second-order valence-corrected chi connectivity index (χ2v) is 10.6. The fourth-order valence-corrected chi connectivity index (χ4v) is 5.69. The normalized spacial score (nSPS) is 15.7. The van der Waals surface area contributed by atoms with E-state index in [4.69, 9.17) is 4.74 Å². The van der Waals surface area contributed by atoms with Crippen LogP contribution in [-0.2, 0) is 26.2 Å². The number of nitrogens with zero attached hydrogens (tertiary/aromatic N) is 2. The summed E-state index contributed by atoms with van der Waals surface area (Å²) >= 11 is 0. The van der Waals surface area contributed by atoms with E-state index in [0.717, 1.165) is 16.3 Å². The van der Waals surface area contributed by atoms with Crippen molar-refractivity contribution < 1.29 is 27.5 Å². The Bertz CT molecular complexity index is 1230. The number of benzene rings is 2. The molecule has 0 saturated carbocycles. The SMILES string of the molecule is CC[C@H](C)NC(=O)[C@H](CC)N(Cc1cccc(OC)c1)C(=O)CCN1C(=O)c2ccccc2S1(=O)=O. The number of sulfonamides is 1. The third-order valence-corrected chi connectivity index (χ3v) is 8.16. The predicted octanol–water partition coefficient (Wildman–Crippen LogP) is 2.95. The topological polar surface area (TPSA) is 113 Å². The Morgan fingerprint density at radius 1 is 1.08 bits per heavy atom. The van der Waals surface area contributed by atoms with Gasteiger partial charge in [-0.3, -0.25) is 14.4 Å². The number of nitrogens with one attached hydrogen (secondary N) is 1. The number of carbonyl (C=O) groups is 3. The predicted molar refractivity (Wildman–Crippen MR) is 135 cm³/mol. The quantitative estimate of drug-likeness (QED) is 0.492. The Morgan fingerprint density at radius 3 is 2.44 bits per heavy atom. The molecule has 0 aliphatic carbocycles. The van der Waals surface area contributed by atoms with Crippen LogP contribution in [0.4, 0.5) is 0 Å². The maximum atomic E-state index is 13.5. The molecule has 0 bridgehead atoms. The summed E-state index contributed by atoms with van der Waals surface area (Å²) in [5.41, 5.74) is 0.854. The first-order chi connectivity index (χ1) is 17.1. The maximum Gasteiger partial charge on any atom is 0.269 e. The minimum Gasteiger partial charge on any atom is -0.497 e. The van der Waals surface area contributed by atoms with Crippen LogP contribution in [0.5, 0.6) is 5.75 Å². The standard InChI is InChI=1S/C26H33N3O6S/c1-5-18(3)27-25(31)22(6-2)28(17-19-10-9-11-20(16-19)35-4)24(30)14-15-29-26(32)21-12-7-8-13-23(21)36(29,33)34/h7-13,16,18,22H,5-6,14-15,17H2,1-4H3,(H,27,31)/t18-,22-/m0/s1. The molecule has 36 heavy (non-hydrogen) atoms. The van der Waals surface area contributed by atoms with Gasteiger partial charge in [-0.15, -0.1) is 0 Å². The van der Waals surface area contributed by atoms with Gasteiger partial charge in [0.05, 0.1) is 12.7 Å². The zero-order valence-electron chi connectivity index (χ0n) is 21.1. The second kappa shape index (κ2) is 11.6. The molecule has 1 N–H and O–H groups in total. The molecule has 0 spiro atoms. The Hall–Kier alpha value is -3.40. The van der Waals surface area contributed by atoms with Gasteiger partial charge in [0.15, 0.2) is 0 Å². The van der Waals surface area contributed by atoms with Crippen LogP contribution >= 0.6 is 0 Å². The highest BCUT2D eigenvalue weighted by atomic mass is 32.2. The average molecular weight is 516 g/mol. The number of methoxy groups -OCH3 is 1. The van der Waals surface area contributed by atoms with Crippen molar-refractivity contribution in [3.8, 4) is 5.75 Å². The zero-order valence-corrected chi connectivity index (χ0v) is 21.9. The van der Waals surface area contributed by atoms with Gasteiger partial charge in [0, 0.05) is 25.6 Å². The molecule has 2 aromatic rings. The molecule has 0 radical (unpaired) electrons. The molecule has 2 atom stereocenters. The van der Waals surface area contributed by atoms with Gasteiger partial charge >= 0.3 is 0 Å². The zero-order chi connectivity index (χ0) is 26.5. The second-order valence-electron chi connectivity index (χ2n) is 8.74. The first-order valence-electron chi connectivity index (χ1n) is 12.0.